The zero-order valence-corrected chi connectivity index (χ0v) is 11.3. The number of carbonyl (C=O) groups is 2. The number of rotatable bonds is 4. The molecule has 0 saturated heterocycles. The average molecular weight is 293 g/mol. The van der Waals surface area contributed by atoms with Crippen molar-refractivity contribution in [3.63, 3.8) is 0 Å². The Bertz CT molecular complexity index is 658. The van der Waals surface area contributed by atoms with Gasteiger partial charge in [-0.1, -0.05) is 11.6 Å². The largest absolute Gasteiger partial charge is 0.299 e. The summed E-state index contributed by atoms with van der Waals surface area (Å²) < 4.78 is 12.9. The van der Waals surface area contributed by atoms with Crippen molar-refractivity contribution < 1.29 is 14.0 Å². The third-order valence-corrected chi connectivity index (χ3v) is 2.95. The second-order valence-electron chi connectivity index (χ2n) is 4.18. The molecule has 0 fully saturated rings. The highest BCUT2D eigenvalue weighted by molar-refractivity contribution is 6.29. The molecule has 0 amide bonds. The molecule has 0 radical (unpaired) electrons. The first-order chi connectivity index (χ1) is 9.49. The fourth-order valence-electron chi connectivity index (χ4n) is 1.81. The lowest BCUT2D eigenvalue weighted by Gasteiger charge is -2.12. The molecule has 0 aliphatic rings. The second kappa shape index (κ2) is 5.88. The van der Waals surface area contributed by atoms with Crippen molar-refractivity contribution in [3.8, 4) is 0 Å². The van der Waals surface area contributed by atoms with E-state index in [1.54, 1.807) is 0 Å². The number of carbonyl (C=O) groups excluding carboxylic acids is 2. The SMILES string of the molecule is CC(=O)C(C(=O)c1ccc(F)cc1)c1cc(Cl)ncn1. The maximum Gasteiger partial charge on any atom is 0.179 e. The van der Waals surface area contributed by atoms with Crippen LogP contribution in [0.1, 0.15) is 28.9 Å². The molecule has 102 valence electrons. The van der Waals surface area contributed by atoms with E-state index in [0.717, 1.165) is 12.1 Å². The van der Waals surface area contributed by atoms with Crippen molar-refractivity contribution in [2.24, 2.45) is 0 Å². The van der Waals surface area contributed by atoms with Crippen LogP contribution in [0.4, 0.5) is 4.39 Å². The van der Waals surface area contributed by atoms with Crippen LogP contribution in [0.25, 0.3) is 0 Å². The molecule has 0 saturated carbocycles. The standard InChI is InChI=1S/C14H10ClFN2O2/c1-8(19)13(11-6-12(15)18-7-17-11)14(20)9-2-4-10(16)5-3-9/h2-7,13H,1H3. The number of aromatic nitrogens is 2. The summed E-state index contributed by atoms with van der Waals surface area (Å²) in [7, 11) is 0. The van der Waals surface area contributed by atoms with Crippen LogP contribution in [0.5, 0.6) is 0 Å². The summed E-state index contributed by atoms with van der Waals surface area (Å²) >= 11 is 5.74. The third-order valence-electron chi connectivity index (χ3n) is 2.75. The first kappa shape index (κ1) is 14.3. The molecule has 0 bridgehead atoms. The van der Waals surface area contributed by atoms with E-state index in [9.17, 15) is 14.0 Å². The lowest BCUT2D eigenvalue weighted by atomic mass is 9.91. The van der Waals surface area contributed by atoms with Gasteiger partial charge in [-0.2, -0.15) is 0 Å². The van der Waals surface area contributed by atoms with E-state index in [-0.39, 0.29) is 22.2 Å². The summed E-state index contributed by atoms with van der Waals surface area (Å²) in [6, 6.07) is 6.36. The van der Waals surface area contributed by atoms with E-state index in [1.165, 1.54) is 31.5 Å². The Balaban J connectivity index is 2.41. The molecule has 2 aromatic rings. The number of hydrogen-bond acceptors (Lipinski definition) is 4. The second-order valence-corrected chi connectivity index (χ2v) is 4.57. The van der Waals surface area contributed by atoms with Crippen molar-refractivity contribution in [2.75, 3.05) is 0 Å². The van der Waals surface area contributed by atoms with Gasteiger partial charge < -0.3 is 0 Å². The molecule has 4 nitrogen and oxygen atoms in total. The predicted molar refractivity (Wildman–Crippen MR) is 71.2 cm³/mol. The molecule has 6 heteroatoms. The van der Waals surface area contributed by atoms with E-state index >= 15 is 0 Å². The lowest BCUT2D eigenvalue weighted by Crippen LogP contribution is -2.21. The Labute approximate surface area is 119 Å². The summed E-state index contributed by atoms with van der Waals surface area (Å²) in [5.41, 5.74) is 0.466. The topological polar surface area (TPSA) is 59.9 Å². The van der Waals surface area contributed by atoms with Crippen molar-refractivity contribution in [3.05, 3.63) is 58.9 Å². The van der Waals surface area contributed by atoms with E-state index < -0.39 is 17.5 Å². The van der Waals surface area contributed by atoms with Crippen LogP contribution < -0.4 is 0 Å². The van der Waals surface area contributed by atoms with Crippen LogP contribution in [0.2, 0.25) is 5.15 Å². The lowest BCUT2D eigenvalue weighted by molar-refractivity contribution is -0.117. The molecule has 0 aliphatic heterocycles. The van der Waals surface area contributed by atoms with Gasteiger partial charge in [-0.15, -0.1) is 0 Å². The fraction of sp³-hybridized carbons (Fsp3) is 0.143. The first-order valence-corrected chi connectivity index (χ1v) is 6.14. The number of hydrogen-bond donors (Lipinski definition) is 0. The Morgan fingerprint density at radius 3 is 2.40 bits per heavy atom. The highest BCUT2D eigenvalue weighted by Gasteiger charge is 2.28. The first-order valence-electron chi connectivity index (χ1n) is 5.76. The third kappa shape index (κ3) is 3.05. The quantitative estimate of drug-likeness (QED) is 0.494. The summed E-state index contributed by atoms with van der Waals surface area (Å²) in [6.45, 7) is 1.29. The molecular formula is C14H10ClFN2O2. The molecule has 20 heavy (non-hydrogen) atoms. The molecule has 1 unspecified atom stereocenters. The van der Waals surface area contributed by atoms with Gasteiger partial charge in [-0.25, -0.2) is 14.4 Å². The van der Waals surface area contributed by atoms with Gasteiger partial charge in [0.25, 0.3) is 0 Å². The van der Waals surface area contributed by atoms with Crippen molar-refractivity contribution >= 4 is 23.2 Å². The van der Waals surface area contributed by atoms with E-state index in [1.807, 2.05) is 0 Å². The van der Waals surface area contributed by atoms with E-state index in [2.05, 4.69) is 9.97 Å². The Morgan fingerprint density at radius 1 is 1.20 bits per heavy atom. The normalized spacial score (nSPS) is 11.9. The summed E-state index contributed by atoms with van der Waals surface area (Å²) in [5, 5.41) is 0.146. The van der Waals surface area contributed by atoms with Crippen LogP contribution in [-0.4, -0.2) is 21.5 Å². The Hall–Kier alpha value is -2.14. The maximum atomic E-state index is 12.9. The van der Waals surface area contributed by atoms with E-state index in [4.69, 9.17) is 11.6 Å². The van der Waals surface area contributed by atoms with Gasteiger partial charge in [0.1, 0.15) is 29.0 Å². The van der Waals surface area contributed by atoms with Crippen molar-refractivity contribution in [2.45, 2.75) is 12.8 Å². The Morgan fingerprint density at radius 2 is 1.85 bits per heavy atom. The fourth-order valence-corrected chi connectivity index (χ4v) is 1.97. The zero-order chi connectivity index (χ0) is 14.7. The van der Waals surface area contributed by atoms with Gasteiger partial charge in [0, 0.05) is 5.56 Å². The van der Waals surface area contributed by atoms with Crippen molar-refractivity contribution in [1.29, 1.82) is 0 Å². The van der Waals surface area contributed by atoms with Gasteiger partial charge in [0.05, 0.1) is 5.69 Å². The van der Waals surface area contributed by atoms with Crippen LogP contribution in [0.15, 0.2) is 36.7 Å². The summed E-state index contributed by atoms with van der Waals surface area (Å²) in [6.07, 6.45) is 1.19. The zero-order valence-electron chi connectivity index (χ0n) is 10.5. The minimum absolute atomic E-state index is 0.146. The minimum Gasteiger partial charge on any atom is -0.299 e. The van der Waals surface area contributed by atoms with Gasteiger partial charge in [0.2, 0.25) is 0 Å². The predicted octanol–water partition coefficient (Wildman–Crippen LogP) is 2.82. The molecule has 1 atom stereocenters. The monoisotopic (exact) mass is 292 g/mol. The molecule has 0 aliphatic carbocycles. The maximum absolute atomic E-state index is 12.9. The Kier molecular flexibility index (Phi) is 4.20. The molecule has 0 spiro atoms. The molecule has 2 rings (SSSR count). The number of halogens is 2. The summed E-state index contributed by atoms with van der Waals surface area (Å²) in [5.74, 6) is -2.34. The smallest absolute Gasteiger partial charge is 0.179 e. The molecule has 1 aromatic carbocycles. The van der Waals surface area contributed by atoms with Gasteiger partial charge in [-0.05, 0) is 37.3 Å². The molecule has 1 aromatic heterocycles. The molecule has 1 heterocycles. The van der Waals surface area contributed by atoms with Crippen molar-refractivity contribution in [1.82, 2.24) is 9.97 Å². The minimum atomic E-state index is -1.07. The number of ketones is 2. The number of benzene rings is 1. The van der Waals surface area contributed by atoms with Gasteiger partial charge in [0.15, 0.2) is 5.78 Å². The summed E-state index contributed by atoms with van der Waals surface area (Å²) in [4.78, 5) is 31.7. The van der Waals surface area contributed by atoms with E-state index in [0.29, 0.717) is 0 Å². The van der Waals surface area contributed by atoms with Gasteiger partial charge >= 0.3 is 0 Å². The van der Waals surface area contributed by atoms with Crippen LogP contribution >= 0.6 is 11.6 Å². The average Bonchev–Trinajstić information content (AvgIpc) is 2.39. The van der Waals surface area contributed by atoms with Crippen LogP contribution in [0, 0.1) is 5.82 Å². The molecular weight excluding hydrogens is 283 g/mol. The number of Topliss-reactive ketones (excluding diaryl/α,β-unsaturated/α-hetero) is 2. The highest BCUT2D eigenvalue weighted by Crippen LogP contribution is 2.22. The van der Waals surface area contributed by atoms with Crippen LogP contribution in [-0.2, 0) is 4.79 Å². The highest BCUT2D eigenvalue weighted by atomic mass is 35.5. The molecule has 0 N–H and O–H groups in total. The van der Waals surface area contributed by atoms with Gasteiger partial charge in [-0.3, -0.25) is 9.59 Å². The van der Waals surface area contributed by atoms with Crippen LogP contribution in [0.3, 0.4) is 0 Å². The number of nitrogens with zero attached hydrogens (tertiary/aromatic N) is 2.